The summed E-state index contributed by atoms with van der Waals surface area (Å²) in [5.41, 5.74) is 1.21. The Morgan fingerprint density at radius 3 is 2.54 bits per heavy atom. The number of thiazole rings is 1. The van der Waals surface area contributed by atoms with Crippen LogP contribution in [0.1, 0.15) is 88.8 Å². The number of ether oxygens (including phenoxy) is 1. The summed E-state index contributed by atoms with van der Waals surface area (Å²) < 4.78 is 7.47. The highest BCUT2D eigenvalue weighted by Crippen LogP contribution is 2.32. The fourth-order valence-corrected chi connectivity index (χ4v) is 7.07. The highest BCUT2D eigenvalue weighted by molar-refractivity contribution is 7.09. The van der Waals surface area contributed by atoms with Gasteiger partial charge in [0.05, 0.1) is 17.6 Å². The first-order chi connectivity index (χ1) is 22.8. The second-order valence-electron chi connectivity index (χ2n) is 13.4. The van der Waals surface area contributed by atoms with Crippen LogP contribution >= 0.6 is 11.3 Å². The molecule has 262 valence electrons. The number of carbonyl (C=O) groups is 4. The van der Waals surface area contributed by atoms with Crippen LogP contribution in [-0.4, -0.2) is 98.3 Å². The summed E-state index contributed by atoms with van der Waals surface area (Å²) in [6.07, 6.45) is 1.86. The minimum atomic E-state index is -0.777. The van der Waals surface area contributed by atoms with E-state index >= 15 is 0 Å². The van der Waals surface area contributed by atoms with Gasteiger partial charge in [0.25, 0.3) is 5.91 Å². The van der Waals surface area contributed by atoms with E-state index in [1.165, 1.54) is 18.3 Å². The molecule has 0 radical (unpaired) electrons. The summed E-state index contributed by atoms with van der Waals surface area (Å²) in [7, 11) is 3.68. The summed E-state index contributed by atoms with van der Waals surface area (Å²) in [6.45, 7) is 12.8. The van der Waals surface area contributed by atoms with Crippen molar-refractivity contribution in [1.82, 2.24) is 40.4 Å². The lowest BCUT2D eigenvalue weighted by Gasteiger charge is -2.38. The third-order valence-electron chi connectivity index (χ3n) is 9.69. The van der Waals surface area contributed by atoms with Gasteiger partial charge in [-0.1, -0.05) is 51.5 Å². The van der Waals surface area contributed by atoms with Crippen molar-refractivity contribution in [2.45, 2.75) is 97.5 Å². The maximum Gasteiger partial charge on any atom is 0.303 e. The lowest BCUT2D eigenvalue weighted by Crippen LogP contribution is -2.60. The summed E-state index contributed by atoms with van der Waals surface area (Å²) in [4.78, 5) is 61.2. The minimum absolute atomic E-state index is 0.0145. The molecule has 0 saturated carbocycles. The topological polar surface area (TPSA) is 152 Å². The zero-order valence-electron chi connectivity index (χ0n) is 29.4. The van der Waals surface area contributed by atoms with E-state index in [4.69, 9.17) is 4.74 Å². The number of nitrogens with one attached hydrogen (secondary N) is 2. The lowest BCUT2D eigenvalue weighted by molar-refractivity contribution is -0.149. The predicted molar refractivity (Wildman–Crippen MR) is 184 cm³/mol. The molecule has 14 heteroatoms. The third-order valence-corrected chi connectivity index (χ3v) is 10.6. The molecule has 48 heavy (non-hydrogen) atoms. The normalized spacial score (nSPS) is 19.1. The van der Waals surface area contributed by atoms with Gasteiger partial charge in [0, 0.05) is 38.4 Å². The van der Waals surface area contributed by atoms with E-state index in [2.05, 4.69) is 25.9 Å². The first-order valence-corrected chi connectivity index (χ1v) is 17.6. The van der Waals surface area contributed by atoms with E-state index in [9.17, 15) is 19.2 Å². The highest BCUT2D eigenvalue weighted by atomic mass is 32.1. The van der Waals surface area contributed by atoms with Crippen molar-refractivity contribution in [3.63, 3.8) is 0 Å². The molecule has 1 saturated heterocycles. The molecule has 3 amide bonds. The van der Waals surface area contributed by atoms with Crippen molar-refractivity contribution < 1.29 is 23.9 Å². The molecular formula is C34H50N8O5S. The van der Waals surface area contributed by atoms with Gasteiger partial charge in [-0.15, -0.1) is 16.4 Å². The molecule has 1 aliphatic heterocycles. The molecule has 1 aromatic carbocycles. The second-order valence-corrected chi connectivity index (χ2v) is 14.2. The molecule has 0 unspecified atom stereocenters. The van der Waals surface area contributed by atoms with Gasteiger partial charge >= 0.3 is 5.97 Å². The number of aromatic nitrogens is 4. The van der Waals surface area contributed by atoms with Crippen LogP contribution in [0.5, 0.6) is 0 Å². The van der Waals surface area contributed by atoms with E-state index < -0.39 is 23.7 Å². The van der Waals surface area contributed by atoms with Crippen molar-refractivity contribution in [3.05, 3.63) is 40.3 Å². The fraction of sp³-hybridized carbons (Fsp3) is 0.618. The number of hydrogen-bond donors (Lipinski definition) is 2. The number of carbonyl (C=O) groups excluding carboxylic acids is 4. The molecule has 3 heterocycles. The summed E-state index contributed by atoms with van der Waals surface area (Å²) in [5.74, 6) is -1.29. The zero-order valence-corrected chi connectivity index (χ0v) is 30.2. The Kier molecular flexibility index (Phi) is 12.3. The molecule has 5 atom stereocenters. The van der Waals surface area contributed by atoms with Crippen LogP contribution in [0.3, 0.4) is 0 Å². The number of fused-ring (bicyclic) bond motifs is 1. The molecular weight excluding hydrogens is 632 g/mol. The standard InChI is InChI=1S/C34H50N8O5S/c1-9-22(4)29(37-33(46)34(6)15-12-17-40(34)7)32(45)41(8)27(21(2)3)19-28(47-23(5)43)31-36-25(20-48-31)30(44)35-16-18-42-26-14-11-10-13-24(26)38-39-42/h10-11,13-14,20-22,27-29H,9,12,15-19H2,1-8H3,(H,35,44)(H,37,46)/t22-,27+,28+,29-,34+/m0/s1. The largest absolute Gasteiger partial charge is 0.455 e. The Balaban J connectivity index is 1.46. The number of nitrogens with zero attached hydrogens (tertiary/aromatic N) is 6. The number of likely N-dealkylation sites (tertiary alicyclic amines) is 1. The Morgan fingerprint density at radius 2 is 1.90 bits per heavy atom. The fourth-order valence-electron chi connectivity index (χ4n) is 6.23. The molecule has 4 rings (SSSR count). The zero-order chi connectivity index (χ0) is 35.2. The Hall–Kier alpha value is -3.91. The number of amides is 3. The van der Waals surface area contributed by atoms with Gasteiger partial charge in [-0.3, -0.25) is 24.1 Å². The van der Waals surface area contributed by atoms with Gasteiger partial charge in [0.2, 0.25) is 11.8 Å². The van der Waals surface area contributed by atoms with Gasteiger partial charge in [-0.25, -0.2) is 9.67 Å². The van der Waals surface area contributed by atoms with Crippen molar-refractivity contribution in [3.8, 4) is 0 Å². The number of hydrogen-bond acceptors (Lipinski definition) is 10. The van der Waals surface area contributed by atoms with E-state index in [0.29, 0.717) is 24.5 Å². The van der Waals surface area contributed by atoms with Crippen LogP contribution in [-0.2, 0) is 25.7 Å². The van der Waals surface area contributed by atoms with E-state index in [-0.39, 0.29) is 47.7 Å². The van der Waals surface area contributed by atoms with Crippen molar-refractivity contribution >= 4 is 46.1 Å². The van der Waals surface area contributed by atoms with Gasteiger partial charge in [-0.2, -0.15) is 0 Å². The quantitative estimate of drug-likeness (QED) is 0.228. The van der Waals surface area contributed by atoms with E-state index in [0.717, 1.165) is 30.4 Å². The number of esters is 1. The van der Waals surface area contributed by atoms with Crippen LogP contribution in [0, 0.1) is 11.8 Å². The summed E-state index contributed by atoms with van der Waals surface area (Å²) in [6, 6.07) is 6.54. The SMILES string of the molecule is CC[C@H](C)[C@H](NC(=O)[C@@]1(C)CCCN1C)C(=O)N(C)[C@H](C[C@@H](OC(C)=O)c1nc(C(=O)NCCn2nnc3ccccc32)cs1)C(C)C. The highest BCUT2D eigenvalue weighted by Gasteiger charge is 2.44. The first kappa shape index (κ1) is 36.9. The van der Waals surface area contributed by atoms with Gasteiger partial charge in [0.1, 0.15) is 22.3 Å². The molecule has 1 aliphatic rings. The van der Waals surface area contributed by atoms with E-state index in [1.54, 1.807) is 22.0 Å². The van der Waals surface area contributed by atoms with Crippen LogP contribution < -0.4 is 10.6 Å². The maximum atomic E-state index is 14.1. The number of benzene rings is 1. The van der Waals surface area contributed by atoms with E-state index in [1.807, 2.05) is 70.8 Å². The molecule has 3 aromatic rings. The van der Waals surface area contributed by atoms with Gasteiger partial charge in [-0.05, 0) is 57.3 Å². The Morgan fingerprint density at radius 1 is 1.17 bits per heavy atom. The average molecular weight is 683 g/mol. The Bertz CT molecular complexity index is 1590. The van der Waals surface area contributed by atoms with Crippen LogP contribution in [0.15, 0.2) is 29.6 Å². The first-order valence-electron chi connectivity index (χ1n) is 16.7. The predicted octanol–water partition coefficient (Wildman–Crippen LogP) is 3.81. The third kappa shape index (κ3) is 8.38. The molecule has 0 aliphatic carbocycles. The van der Waals surface area contributed by atoms with Crippen LogP contribution in [0.2, 0.25) is 0 Å². The van der Waals surface area contributed by atoms with Crippen molar-refractivity contribution in [2.24, 2.45) is 11.8 Å². The lowest BCUT2D eigenvalue weighted by atomic mass is 9.91. The molecule has 0 spiro atoms. The van der Waals surface area contributed by atoms with Crippen LogP contribution in [0.4, 0.5) is 0 Å². The van der Waals surface area contributed by atoms with Crippen molar-refractivity contribution in [1.29, 1.82) is 0 Å². The summed E-state index contributed by atoms with van der Waals surface area (Å²) >= 11 is 1.23. The van der Waals surface area contributed by atoms with Gasteiger partial charge < -0.3 is 20.3 Å². The molecule has 1 fully saturated rings. The second kappa shape index (κ2) is 16.0. The molecule has 0 bridgehead atoms. The maximum absolute atomic E-state index is 14.1. The monoisotopic (exact) mass is 682 g/mol. The smallest absolute Gasteiger partial charge is 0.303 e. The van der Waals surface area contributed by atoms with Crippen molar-refractivity contribution in [2.75, 3.05) is 27.2 Å². The molecule has 2 N–H and O–H groups in total. The number of para-hydroxylation sites is 1. The number of likely N-dealkylation sites (N-methyl/N-ethyl adjacent to an activating group) is 2. The molecule has 13 nitrogen and oxygen atoms in total. The van der Waals surface area contributed by atoms with Crippen LogP contribution in [0.25, 0.3) is 11.0 Å². The molecule has 2 aromatic heterocycles. The number of rotatable bonds is 15. The Labute approximate surface area is 286 Å². The average Bonchev–Trinajstić information content (AvgIpc) is 3.80. The minimum Gasteiger partial charge on any atom is -0.455 e. The summed E-state index contributed by atoms with van der Waals surface area (Å²) in [5, 5.41) is 16.4. The van der Waals surface area contributed by atoms with Gasteiger partial charge in [0.15, 0.2) is 6.10 Å².